The van der Waals surface area contributed by atoms with Crippen molar-refractivity contribution >= 4 is 5.78 Å². The van der Waals surface area contributed by atoms with Gasteiger partial charge in [-0.1, -0.05) is 55.5 Å². The van der Waals surface area contributed by atoms with Gasteiger partial charge in [0.05, 0.1) is 0 Å². The largest absolute Gasteiger partial charge is 0.294 e. The van der Waals surface area contributed by atoms with Crippen molar-refractivity contribution in [1.29, 1.82) is 0 Å². The maximum Gasteiger partial charge on any atom is 0.162 e. The first-order valence-corrected chi connectivity index (χ1v) is 5.92. The average molecular weight is 224 g/mol. The zero-order valence-corrected chi connectivity index (χ0v) is 10.2. The van der Waals surface area contributed by atoms with Gasteiger partial charge in [0.2, 0.25) is 0 Å². The van der Waals surface area contributed by atoms with Crippen LogP contribution in [0.25, 0.3) is 11.1 Å². The third-order valence-electron chi connectivity index (χ3n) is 3.04. The standard InChI is InChI=1S/C16H16O/c1-3-16(17)15-11-7-10-14(12(15)2)13-8-5-4-6-9-13/h4-11H,3H2,1-2H3. The number of carbonyl (C=O) groups excluding carboxylic acids is 1. The van der Waals surface area contributed by atoms with Gasteiger partial charge in [0.15, 0.2) is 5.78 Å². The molecule has 0 saturated carbocycles. The van der Waals surface area contributed by atoms with Gasteiger partial charge in [-0.25, -0.2) is 0 Å². The fraction of sp³-hybridized carbons (Fsp3) is 0.188. The molecule has 0 heterocycles. The Morgan fingerprint density at radius 2 is 1.71 bits per heavy atom. The van der Waals surface area contributed by atoms with Crippen LogP contribution in [0.3, 0.4) is 0 Å². The van der Waals surface area contributed by atoms with Gasteiger partial charge in [-0.05, 0) is 23.6 Å². The molecule has 2 rings (SSSR count). The molecule has 2 aromatic carbocycles. The molecule has 0 aliphatic heterocycles. The zero-order valence-electron chi connectivity index (χ0n) is 10.2. The molecule has 17 heavy (non-hydrogen) atoms. The number of Topliss-reactive ketones (excluding diaryl/α,β-unsaturated/α-hetero) is 1. The third-order valence-corrected chi connectivity index (χ3v) is 3.04. The number of carbonyl (C=O) groups is 1. The molecule has 0 unspecified atom stereocenters. The van der Waals surface area contributed by atoms with Crippen molar-refractivity contribution in [2.75, 3.05) is 0 Å². The molecule has 1 nitrogen and oxygen atoms in total. The molecular formula is C16H16O. The molecule has 0 bridgehead atoms. The Labute approximate surface area is 102 Å². The Morgan fingerprint density at radius 3 is 2.35 bits per heavy atom. The van der Waals surface area contributed by atoms with E-state index in [1.54, 1.807) is 0 Å². The quantitative estimate of drug-likeness (QED) is 0.712. The van der Waals surface area contributed by atoms with Crippen molar-refractivity contribution in [3.05, 3.63) is 59.7 Å². The number of rotatable bonds is 3. The fourth-order valence-electron chi connectivity index (χ4n) is 2.06. The lowest BCUT2D eigenvalue weighted by Gasteiger charge is -2.10. The van der Waals surface area contributed by atoms with Crippen LogP contribution >= 0.6 is 0 Å². The van der Waals surface area contributed by atoms with Crippen LogP contribution in [0.2, 0.25) is 0 Å². The molecule has 1 heteroatoms. The predicted octanol–water partition coefficient (Wildman–Crippen LogP) is 4.25. The van der Waals surface area contributed by atoms with Crippen LogP contribution in [-0.2, 0) is 0 Å². The molecule has 0 spiro atoms. The van der Waals surface area contributed by atoms with Crippen molar-refractivity contribution in [3.8, 4) is 11.1 Å². The summed E-state index contributed by atoms with van der Waals surface area (Å²) in [4.78, 5) is 11.8. The summed E-state index contributed by atoms with van der Waals surface area (Å²) in [5.74, 6) is 0.209. The minimum absolute atomic E-state index is 0.209. The van der Waals surface area contributed by atoms with Crippen LogP contribution in [0.5, 0.6) is 0 Å². The summed E-state index contributed by atoms with van der Waals surface area (Å²) in [6, 6.07) is 16.1. The lowest BCUT2D eigenvalue weighted by Crippen LogP contribution is -2.00. The molecule has 0 N–H and O–H groups in total. The van der Waals surface area contributed by atoms with E-state index in [9.17, 15) is 4.79 Å². The lowest BCUT2D eigenvalue weighted by molar-refractivity contribution is 0.0987. The van der Waals surface area contributed by atoms with E-state index in [4.69, 9.17) is 0 Å². The van der Waals surface area contributed by atoms with Crippen LogP contribution in [0, 0.1) is 6.92 Å². The zero-order chi connectivity index (χ0) is 12.3. The molecule has 2 aromatic rings. The summed E-state index contributed by atoms with van der Waals surface area (Å²) in [6.07, 6.45) is 0.555. The topological polar surface area (TPSA) is 17.1 Å². The monoisotopic (exact) mass is 224 g/mol. The molecule has 0 aromatic heterocycles. The van der Waals surface area contributed by atoms with Gasteiger partial charge in [-0.2, -0.15) is 0 Å². The van der Waals surface area contributed by atoms with E-state index in [-0.39, 0.29) is 5.78 Å². The van der Waals surface area contributed by atoms with Crippen molar-refractivity contribution < 1.29 is 4.79 Å². The summed E-state index contributed by atoms with van der Waals surface area (Å²) in [7, 11) is 0. The SMILES string of the molecule is CCC(=O)c1cccc(-c2ccccc2)c1C. The van der Waals surface area contributed by atoms with E-state index < -0.39 is 0 Å². The maximum atomic E-state index is 11.8. The Kier molecular flexibility index (Phi) is 3.38. The smallest absolute Gasteiger partial charge is 0.162 e. The van der Waals surface area contributed by atoms with Gasteiger partial charge in [-0.3, -0.25) is 4.79 Å². The molecule has 0 atom stereocenters. The van der Waals surface area contributed by atoms with E-state index in [2.05, 4.69) is 18.2 Å². The predicted molar refractivity (Wildman–Crippen MR) is 71.2 cm³/mol. The van der Waals surface area contributed by atoms with Gasteiger partial charge in [0.25, 0.3) is 0 Å². The van der Waals surface area contributed by atoms with Crippen LogP contribution in [-0.4, -0.2) is 5.78 Å². The highest BCUT2D eigenvalue weighted by atomic mass is 16.1. The molecule has 0 aliphatic carbocycles. The third kappa shape index (κ3) is 2.28. The summed E-state index contributed by atoms with van der Waals surface area (Å²) < 4.78 is 0. The van der Waals surface area contributed by atoms with E-state index in [0.717, 1.165) is 22.3 Å². The fourth-order valence-corrected chi connectivity index (χ4v) is 2.06. The summed E-state index contributed by atoms with van der Waals surface area (Å²) >= 11 is 0. The van der Waals surface area contributed by atoms with E-state index in [0.29, 0.717) is 6.42 Å². The van der Waals surface area contributed by atoms with Gasteiger partial charge in [0.1, 0.15) is 0 Å². The lowest BCUT2D eigenvalue weighted by atomic mass is 9.94. The highest BCUT2D eigenvalue weighted by molar-refractivity contribution is 5.98. The van der Waals surface area contributed by atoms with Crippen LogP contribution in [0.15, 0.2) is 48.5 Å². The summed E-state index contributed by atoms with van der Waals surface area (Å²) in [5, 5.41) is 0. The normalized spacial score (nSPS) is 10.2. The molecule has 0 fully saturated rings. The van der Waals surface area contributed by atoms with E-state index in [1.807, 2.05) is 44.2 Å². The highest BCUT2D eigenvalue weighted by Crippen LogP contribution is 2.26. The molecular weight excluding hydrogens is 208 g/mol. The van der Waals surface area contributed by atoms with Crippen LogP contribution in [0.4, 0.5) is 0 Å². The molecule has 0 saturated heterocycles. The second-order valence-corrected chi connectivity index (χ2v) is 4.12. The van der Waals surface area contributed by atoms with Crippen LogP contribution in [0.1, 0.15) is 29.3 Å². The molecule has 0 radical (unpaired) electrons. The Morgan fingerprint density at radius 1 is 1.00 bits per heavy atom. The molecule has 0 amide bonds. The molecule has 86 valence electrons. The minimum atomic E-state index is 0.209. The minimum Gasteiger partial charge on any atom is -0.294 e. The van der Waals surface area contributed by atoms with Crippen molar-refractivity contribution in [1.82, 2.24) is 0 Å². The number of benzene rings is 2. The van der Waals surface area contributed by atoms with Gasteiger partial charge in [-0.15, -0.1) is 0 Å². The van der Waals surface area contributed by atoms with Gasteiger partial charge in [0, 0.05) is 12.0 Å². The van der Waals surface area contributed by atoms with Gasteiger partial charge >= 0.3 is 0 Å². The van der Waals surface area contributed by atoms with Gasteiger partial charge < -0.3 is 0 Å². The van der Waals surface area contributed by atoms with Crippen LogP contribution < -0.4 is 0 Å². The highest BCUT2D eigenvalue weighted by Gasteiger charge is 2.10. The Balaban J connectivity index is 2.54. The Hall–Kier alpha value is -1.89. The van der Waals surface area contributed by atoms with Crippen molar-refractivity contribution in [3.63, 3.8) is 0 Å². The number of ketones is 1. The van der Waals surface area contributed by atoms with Crippen molar-refractivity contribution in [2.45, 2.75) is 20.3 Å². The first-order valence-electron chi connectivity index (χ1n) is 5.92. The van der Waals surface area contributed by atoms with E-state index in [1.165, 1.54) is 0 Å². The summed E-state index contributed by atoms with van der Waals surface area (Å²) in [6.45, 7) is 3.92. The second-order valence-electron chi connectivity index (χ2n) is 4.12. The summed E-state index contributed by atoms with van der Waals surface area (Å²) in [5.41, 5.74) is 4.22. The van der Waals surface area contributed by atoms with Crippen molar-refractivity contribution in [2.24, 2.45) is 0 Å². The number of hydrogen-bond donors (Lipinski definition) is 0. The van der Waals surface area contributed by atoms with E-state index >= 15 is 0 Å². The number of hydrogen-bond acceptors (Lipinski definition) is 1. The molecule has 0 aliphatic rings. The maximum absolute atomic E-state index is 11.8. The average Bonchev–Trinajstić information content (AvgIpc) is 2.39. The first-order chi connectivity index (χ1) is 8.24. The second kappa shape index (κ2) is 4.96. The Bertz CT molecular complexity index is 526. The first kappa shape index (κ1) is 11.6.